The lowest BCUT2D eigenvalue weighted by molar-refractivity contribution is 0.325. The van der Waals surface area contributed by atoms with Gasteiger partial charge in [0.05, 0.1) is 0 Å². The summed E-state index contributed by atoms with van der Waals surface area (Å²) < 4.78 is 0. The Kier molecular flexibility index (Phi) is 4.17. The van der Waals surface area contributed by atoms with Crippen LogP contribution in [0.2, 0.25) is 0 Å². The van der Waals surface area contributed by atoms with E-state index >= 15 is 0 Å². The van der Waals surface area contributed by atoms with Gasteiger partial charge in [-0.25, -0.2) is 0 Å². The van der Waals surface area contributed by atoms with Crippen LogP contribution in [-0.2, 0) is 0 Å². The van der Waals surface area contributed by atoms with Crippen LogP contribution in [-0.4, -0.2) is 0 Å². The highest BCUT2D eigenvalue weighted by Crippen LogP contribution is 2.33. The van der Waals surface area contributed by atoms with Gasteiger partial charge < -0.3 is 0 Å². The van der Waals surface area contributed by atoms with Crippen molar-refractivity contribution in [3.63, 3.8) is 0 Å². The van der Waals surface area contributed by atoms with Crippen LogP contribution in [0, 0.1) is 5.41 Å². The van der Waals surface area contributed by atoms with Crippen molar-refractivity contribution in [3.8, 4) is 0 Å². The van der Waals surface area contributed by atoms with E-state index in [0.29, 0.717) is 5.41 Å². The SMILES string of the molecule is CC1=CC=C=C1.CC1=CCC(C)(C)CC1. The van der Waals surface area contributed by atoms with Crippen molar-refractivity contribution in [3.05, 3.63) is 41.2 Å². The number of hydrogen-bond donors (Lipinski definition) is 0. The molecule has 2 rings (SSSR count). The average molecular weight is 202 g/mol. The van der Waals surface area contributed by atoms with E-state index < -0.39 is 0 Å². The zero-order valence-electron chi connectivity index (χ0n) is 10.4. The summed E-state index contributed by atoms with van der Waals surface area (Å²) in [6.45, 7) is 8.97. The minimum absolute atomic E-state index is 0.583. The molecule has 0 bridgehead atoms. The Morgan fingerprint density at radius 3 is 2.27 bits per heavy atom. The van der Waals surface area contributed by atoms with Gasteiger partial charge in [0.25, 0.3) is 0 Å². The molecule has 0 heteroatoms. The summed E-state index contributed by atoms with van der Waals surface area (Å²) in [5.74, 6) is 0. The van der Waals surface area contributed by atoms with Crippen LogP contribution < -0.4 is 0 Å². The topological polar surface area (TPSA) is 0 Å². The molecule has 0 saturated carbocycles. The summed E-state index contributed by atoms with van der Waals surface area (Å²) in [7, 11) is 0. The molecule has 0 spiro atoms. The van der Waals surface area contributed by atoms with Gasteiger partial charge in [-0.05, 0) is 56.3 Å². The molecule has 82 valence electrons. The number of rotatable bonds is 0. The van der Waals surface area contributed by atoms with E-state index in [4.69, 9.17) is 0 Å². The van der Waals surface area contributed by atoms with E-state index in [0.717, 1.165) is 0 Å². The lowest BCUT2D eigenvalue weighted by Gasteiger charge is -2.27. The van der Waals surface area contributed by atoms with Gasteiger partial charge in [-0.15, -0.1) is 5.73 Å². The highest BCUT2D eigenvalue weighted by Gasteiger charge is 2.19. The van der Waals surface area contributed by atoms with E-state index in [-0.39, 0.29) is 0 Å². The highest BCUT2D eigenvalue weighted by molar-refractivity contribution is 5.27. The van der Waals surface area contributed by atoms with Crippen LogP contribution in [0.3, 0.4) is 0 Å². The first-order valence-corrected chi connectivity index (χ1v) is 5.75. The molecular weight excluding hydrogens is 180 g/mol. The van der Waals surface area contributed by atoms with Crippen LogP contribution in [0.25, 0.3) is 0 Å². The van der Waals surface area contributed by atoms with E-state index in [9.17, 15) is 0 Å². The molecule has 0 saturated heterocycles. The Labute approximate surface area is 94.1 Å². The van der Waals surface area contributed by atoms with Gasteiger partial charge in [0.15, 0.2) is 0 Å². The maximum atomic E-state index is 2.93. The second-order valence-electron chi connectivity index (χ2n) is 5.31. The molecule has 0 aromatic heterocycles. The quantitative estimate of drug-likeness (QED) is 0.391. The molecule has 0 aromatic carbocycles. The molecule has 0 aliphatic heterocycles. The largest absolute Gasteiger partial charge is 0.121 e. The molecular formula is C15H22. The second kappa shape index (κ2) is 5.19. The second-order valence-corrected chi connectivity index (χ2v) is 5.31. The van der Waals surface area contributed by atoms with Gasteiger partial charge in [-0.1, -0.05) is 31.6 Å². The molecule has 2 aliphatic rings. The first-order valence-electron chi connectivity index (χ1n) is 5.75. The van der Waals surface area contributed by atoms with Crippen LogP contribution in [0.5, 0.6) is 0 Å². The third-order valence-electron chi connectivity index (χ3n) is 2.95. The standard InChI is InChI=1S/C9H16.C6H6/c1-8-4-6-9(2,3)7-5-8;1-6-4-2-3-5-6/h4H,5-7H2,1-3H3;2,4-5H,1H3. The molecule has 0 atom stereocenters. The molecule has 0 unspecified atom stereocenters. The Bertz CT molecular complexity index is 331. The van der Waals surface area contributed by atoms with Gasteiger partial charge in [0.1, 0.15) is 0 Å². The maximum absolute atomic E-state index is 2.93. The Morgan fingerprint density at radius 1 is 1.27 bits per heavy atom. The Hall–Kier alpha value is -1.00. The summed E-state index contributed by atoms with van der Waals surface area (Å²) in [6, 6.07) is 0. The van der Waals surface area contributed by atoms with Crippen molar-refractivity contribution in [2.24, 2.45) is 5.41 Å². The van der Waals surface area contributed by atoms with E-state index in [1.165, 1.54) is 24.8 Å². The van der Waals surface area contributed by atoms with Crippen LogP contribution in [0.4, 0.5) is 0 Å². The highest BCUT2D eigenvalue weighted by atomic mass is 14.2. The third kappa shape index (κ3) is 4.85. The normalized spacial score (nSPS) is 21.6. The van der Waals surface area contributed by atoms with Crippen molar-refractivity contribution in [2.45, 2.75) is 47.0 Å². The predicted molar refractivity (Wildman–Crippen MR) is 67.8 cm³/mol. The third-order valence-corrected chi connectivity index (χ3v) is 2.95. The van der Waals surface area contributed by atoms with Gasteiger partial charge in [0.2, 0.25) is 0 Å². The number of allylic oxidation sites excluding steroid dienone is 5. The van der Waals surface area contributed by atoms with E-state index in [2.05, 4.69) is 39.5 Å². The lowest BCUT2D eigenvalue weighted by atomic mass is 9.79. The zero-order valence-corrected chi connectivity index (χ0v) is 10.4. The molecule has 0 radical (unpaired) electrons. The fourth-order valence-corrected chi connectivity index (χ4v) is 1.60. The van der Waals surface area contributed by atoms with Crippen molar-refractivity contribution in [1.29, 1.82) is 0 Å². The molecule has 0 nitrogen and oxygen atoms in total. The molecule has 0 aromatic rings. The molecule has 0 amide bonds. The Morgan fingerprint density at radius 2 is 2.00 bits per heavy atom. The summed E-state index contributed by atoms with van der Waals surface area (Å²) in [4.78, 5) is 0. The molecule has 0 N–H and O–H groups in total. The minimum atomic E-state index is 0.583. The summed E-state index contributed by atoms with van der Waals surface area (Å²) >= 11 is 0. The van der Waals surface area contributed by atoms with Crippen molar-refractivity contribution in [1.82, 2.24) is 0 Å². The smallest absolute Gasteiger partial charge is 0.0170 e. The van der Waals surface area contributed by atoms with Crippen LogP contribution in [0.1, 0.15) is 47.0 Å². The van der Waals surface area contributed by atoms with Gasteiger partial charge in [0, 0.05) is 0 Å². The van der Waals surface area contributed by atoms with Crippen LogP contribution in [0.15, 0.2) is 41.2 Å². The van der Waals surface area contributed by atoms with Crippen molar-refractivity contribution in [2.75, 3.05) is 0 Å². The zero-order chi connectivity index (χ0) is 11.3. The van der Waals surface area contributed by atoms with Gasteiger partial charge in [-0.3, -0.25) is 0 Å². The van der Waals surface area contributed by atoms with Crippen molar-refractivity contribution >= 4 is 0 Å². The molecule has 2 aliphatic carbocycles. The minimum Gasteiger partial charge on any atom is -0.121 e. The predicted octanol–water partition coefficient (Wildman–Crippen LogP) is 4.80. The first-order chi connectivity index (χ1) is 6.99. The van der Waals surface area contributed by atoms with Crippen molar-refractivity contribution < 1.29 is 0 Å². The molecule has 15 heavy (non-hydrogen) atoms. The summed E-state index contributed by atoms with van der Waals surface area (Å²) in [5, 5.41) is 0. The molecule has 0 heterocycles. The van der Waals surface area contributed by atoms with E-state index in [1.54, 1.807) is 5.57 Å². The first kappa shape index (κ1) is 12.1. The Balaban J connectivity index is 0.000000162. The number of hydrogen-bond acceptors (Lipinski definition) is 0. The van der Waals surface area contributed by atoms with Crippen LogP contribution >= 0.6 is 0 Å². The summed E-state index contributed by atoms with van der Waals surface area (Å²) in [5.41, 5.74) is 6.38. The lowest BCUT2D eigenvalue weighted by Crippen LogP contribution is -2.13. The monoisotopic (exact) mass is 202 g/mol. The van der Waals surface area contributed by atoms with E-state index in [1.807, 2.05) is 18.2 Å². The maximum Gasteiger partial charge on any atom is -0.0170 e. The average Bonchev–Trinajstić information content (AvgIpc) is 2.63. The van der Waals surface area contributed by atoms with Gasteiger partial charge >= 0.3 is 0 Å². The fourth-order valence-electron chi connectivity index (χ4n) is 1.60. The fraction of sp³-hybridized carbons (Fsp3) is 0.533. The molecule has 0 fully saturated rings. The summed E-state index contributed by atoms with van der Waals surface area (Å²) in [6.07, 6.45) is 12.2. The van der Waals surface area contributed by atoms with Gasteiger partial charge in [-0.2, -0.15) is 0 Å².